The van der Waals surface area contributed by atoms with Gasteiger partial charge in [0.2, 0.25) is 0 Å². The lowest BCUT2D eigenvalue weighted by atomic mass is 10.2. The summed E-state index contributed by atoms with van der Waals surface area (Å²) in [5, 5.41) is 12.7. The van der Waals surface area contributed by atoms with Crippen LogP contribution in [0.1, 0.15) is 25.7 Å². The summed E-state index contributed by atoms with van der Waals surface area (Å²) in [7, 11) is 0. The maximum absolute atomic E-state index is 5.64. The molecule has 0 amide bonds. The van der Waals surface area contributed by atoms with E-state index in [0.717, 1.165) is 41.9 Å². The van der Waals surface area contributed by atoms with Crippen LogP contribution < -0.4 is 5.32 Å². The van der Waals surface area contributed by atoms with E-state index in [0.29, 0.717) is 0 Å². The van der Waals surface area contributed by atoms with Crippen LogP contribution in [0, 0.1) is 0 Å². The maximum atomic E-state index is 5.64. The number of benzene rings is 1. The minimum absolute atomic E-state index is 0.770. The van der Waals surface area contributed by atoms with Crippen molar-refractivity contribution in [3.8, 4) is 0 Å². The van der Waals surface area contributed by atoms with Crippen molar-refractivity contribution in [1.82, 2.24) is 10.2 Å². The molecule has 0 spiro atoms. The van der Waals surface area contributed by atoms with Gasteiger partial charge < -0.3 is 5.32 Å². The van der Waals surface area contributed by atoms with Gasteiger partial charge in [-0.1, -0.05) is 31.0 Å². The Balaban J connectivity index is 1.88. The van der Waals surface area contributed by atoms with E-state index in [9.17, 15) is 0 Å². The molecule has 0 aliphatic carbocycles. The standard InChI is InChI=1S/C14H18ClN3/c15-9-5-1-2-6-10-16-14-11-17-18-13-8-4-3-7-12(13)14/h3-4,7-8,11H,1-2,5-6,9-10H2,(H,16,18). The summed E-state index contributed by atoms with van der Waals surface area (Å²) in [5.41, 5.74) is 2.00. The highest BCUT2D eigenvalue weighted by Crippen LogP contribution is 2.19. The van der Waals surface area contributed by atoms with E-state index < -0.39 is 0 Å². The van der Waals surface area contributed by atoms with Gasteiger partial charge in [0.15, 0.2) is 0 Å². The van der Waals surface area contributed by atoms with E-state index in [4.69, 9.17) is 11.6 Å². The van der Waals surface area contributed by atoms with Gasteiger partial charge in [-0.25, -0.2) is 0 Å². The molecule has 18 heavy (non-hydrogen) atoms. The molecule has 0 radical (unpaired) electrons. The van der Waals surface area contributed by atoms with Gasteiger partial charge >= 0.3 is 0 Å². The number of unbranched alkanes of at least 4 members (excludes halogenated alkanes) is 3. The van der Waals surface area contributed by atoms with Gasteiger partial charge in [-0.15, -0.1) is 11.6 Å². The number of anilines is 1. The SMILES string of the molecule is ClCCCCCCNc1cnnc2ccccc12. The van der Waals surface area contributed by atoms with Gasteiger partial charge in [0.25, 0.3) is 0 Å². The number of nitrogens with zero attached hydrogens (tertiary/aromatic N) is 2. The molecule has 0 aliphatic heterocycles. The minimum atomic E-state index is 0.770. The second kappa shape index (κ2) is 7.17. The molecule has 4 heteroatoms. The number of alkyl halides is 1. The average molecular weight is 264 g/mol. The third-order valence-corrected chi connectivity index (χ3v) is 3.19. The van der Waals surface area contributed by atoms with E-state index in [2.05, 4.69) is 21.6 Å². The van der Waals surface area contributed by atoms with E-state index >= 15 is 0 Å². The molecule has 1 N–H and O–H groups in total. The Kier molecular flexibility index (Phi) is 5.21. The summed E-state index contributed by atoms with van der Waals surface area (Å²) < 4.78 is 0. The lowest BCUT2D eigenvalue weighted by molar-refractivity contribution is 0.687. The van der Waals surface area contributed by atoms with Crippen LogP contribution in [0.4, 0.5) is 5.69 Å². The molecule has 0 fully saturated rings. The fourth-order valence-corrected chi connectivity index (χ4v) is 2.13. The van der Waals surface area contributed by atoms with E-state index in [-0.39, 0.29) is 0 Å². The highest BCUT2D eigenvalue weighted by atomic mass is 35.5. The molecule has 96 valence electrons. The molecule has 1 aromatic carbocycles. The van der Waals surface area contributed by atoms with Crippen molar-refractivity contribution >= 4 is 28.2 Å². The summed E-state index contributed by atoms with van der Waals surface area (Å²) in [4.78, 5) is 0. The quantitative estimate of drug-likeness (QED) is 0.609. The average Bonchev–Trinajstić information content (AvgIpc) is 2.43. The molecule has 3 nitrogen and oxygen atoms in total. The predicted octanol–water partition coefficient (Wildman–Crippen LogP) is 3.84. The van der Waals surface area contributed by atoms with Crippen molar-refractivity contribution in [2.45, 2.75) is 25.7 Å². The highest BCUT2D eigenvalue weighted by Gasteiger charge is 2.00. The molecule has 0 bridgehead atoms. The van der Waals surface area contributed by atoms with Crippen LogP contribution >= 0.6 is 11.6 Å². The smallest absolute Gasteiger partial charge is 0.0950 e. The largest absolute Gasteiger partial charge is 0.383 e. The van der Waals surface area contributed by atoms with Gasteiger partial charge in [0.1, 0.15) is 0 Å². The molecule has 0 aliphatic rings. The molecule has 2 aromatic rings. The lowest BCUT2D eigenvalue weighted by Gasteiger charge is -2.08. The minimum Gasteiger partial charge on any atom is -0.383 e. The normalized spacial score (nSPS) is 10.7. The highest BCUT2D eigenvalue weighted by molar-refractivity contribution is 6.17. The van der Waals surface area contributed by atoms with Crippen molar-refractivity contribution in [3.63, 3.8) is 0 Å². The second-order valence-electron chi connectivity index (χ2n) is 4.31. The Morgan fingerprint density at radius 2 is 1.89 bits per heavy atom. The fourth-order valence-electron chi connectivity index (χ4n) is 1.94. The molecule has 0 saturated heterocycles. The van der Waals surface area contributed by atoms with Crippen LogP contribution in [-0.2, 0) is 0 Å². The number of nitrogens with one attached hydrogen (secondary N) is 1. The van der Waals surface area contributed by atoms with Gasteiger partial charge in [0.05, 0.1) is 17.4 Å². The van der Waals surface area contributed by atoms with Crippen LogP contribution in [0.15, 0.2) is 30.5 Å². The topological polar surface area (TPSA) is 37.8 Å². The first kappa shape index (κ1) is 13.1. The van der Waals surface area contributed by atoms with Gasteiger partial charge in [-0.3, -0.25) is 0 Å². The third kappa shape index (κ3) is 3.57. The number of rotatable bonds is 7. The molecule has 0 atom stereocenters. The van der Waals surface area contributed by atoms with Gasteiger partial charge in [-0.2, -0.15) is 10.2 Å². The van der Waals surface area contributed by atoms with Crippen LogP contribution in [0.3, 0.4) is 0 Å². The maximum Gasteiger partial charge on any atom is 0.0950 e. The number of aromatic nitrogens is 2. The van der Waals surface area contributed by atoms with Crippen LogP contribution in [0.25, 0.3) is 10.9 Å². The van der Waals surface area contributed by atoms with Crippen molar-refractivity contribution in [2.24, 2.45) is 0 Å². The van der Waals surface area contributed by atoms with Crippen molar-refractivity contribution in [2.75, 3.05) is 17.7 Å². The summed E-state index contributed by atoms with van der Waals surface area (Å²) in [6.45, 7) is 0.970. The van der Waals surface area contributed by atoms with E-state index in [1.54, 1.807) is 6.20 Å². The Morgan fingerprint density at radius 1 is 1.06 bits per heavy atom. The molecular formula is C14H18ClN3. The van der Waals surface area contributed by atoms with Gasteiger partial charge in [0, 0.05) is 17.8 Å². The van der Waals surface area contributed by atoms with Crippen molar-refractivity contribution < 1.29 is 0 Å². The van der Waals surface area contributed by atoms with Crippen LogP contribution in [-0.4, -0.2) is 22.6 Å². The summed E-state index contributed by atoms with van der Waals surface area (Å²) in [6.07, 6.45) is 6.49. The monoisotopic (exact) mass is 263 g/mol. The molecule has 1 heterocycles. The van der Waals surface area contributed by atoms with E-state index in [1.165, 1.54) is 12.8 Å². The summed E-state index contributed by atoms with van der Waals surface area (Å²) in [5.74, 6) is 0.770. The Hall–Kier alpha value is -1.35. The molecule has 2 rings (SSSR count). The number of hydrogen-bond acceptors (Lipinski definition) is 3. The zero-order valence-corrected chi connectivity index (χ0v) is 11.2. The lowest BCUT2D eigenvalue weighted by Crippen LogP contribution is -2.03. The van der Waals surface area contributed by atoms with Crippen LogP contribution in [0.5, 0.6) is 0 Å². The Labute approximate surface area is 113 Å². The fraction of sp³-hybridized carbons (Fsp3) is 0.429. The Bertz CT molecular complexity index is 482. The van der Waals surface area contributed by atoms with E-state index in [1.807, 2.05) is 18.2 Å². The zero-order chi connectivity index (χ0) is 12.6. The van der Waals surface area contributed by atoms with Crippen LogP contribution in [0.2, 0.25) is 0 Å². The Morgan fingerprint density at radius 3 is 2.78 bits per heavy atom. The van der Waals surface area contributed by atoms with Crippen molar-refractivity contribution in [1.29, 1.82) is 0 Å². The first-order valence-corrected chi connectivity index (χ1v) is 6.95. The predicted molar refractivity (Wildman–Crippen MR) is 77.2 cm³/mol. The number of fused-ring (bicyclic) bond motifs is 1. The summed E-state index contributed by atoms with van der Waals surface area (Å²) in [6, 6.07) is 8.05. The molecule has 0 saturated carbocycles. The first-order chi connectivity index (χ1) is 8.92. The molecule has 1 aromatic heterocycles. The first-order valence-electron chi connectivity index (χ1n) is 6.42. The second-order valence-corrected chi connectivity index (χ2v) is 4.68. The third-order valence-electron chi connectivity index (χ3n) is 2.92. The molecular weight excluding hydrogens is 246 g/mol. The summed E-state index contributed by atoms with van der Waals surface area (Å²) >= 11 is 5.64. The number of hydrogen-bond donors (Lipinski definition) is 1. The van der Waals surface area contributed by atoms with Crippen molar-refractivity contribution in [3.05, 3.63) is 30.5 Å². The molecule has 0 unspecified atom stereocenters. The number of halogens is 1. The zero-order valence-electron chi connectivity index (χ0n) is 10.4. The van der Waals surface area contributed by atoms with Gasteiger partial charge in [-0.05, 0) is 18.9 Å².